The molecular weight excluding hydrogens is 243 g/mol. The molecule has 2 aromatic rings. The summed E-state index contributed by atoms with van der Waals surface area (Å²) in [6.07, 6.45) is 0. The summed E-state index contributed by atoms with van der Waals surface area (Å²) in [6, 6.07) is 11.3. The van der Waals surface area contributed by atoms with Crippen LogP contribution in [0.2, 0.25) is 0 Å². The highest BCUT2D eigenvalue weighted by Crippen LogP contribution is 2.47. The van der Waals surface area contributed by atoms with Crippen molar-refractivity contribution in [3.8, 4) is 11.5 Å². The van der Waals surface area contributed by atoms with Gasteiger partial charge < -0.3 is 4.74 Å². The third-order valence-corrected chi connectivity index (χ3v) is 2.30. The fourth-order valence-corrected chi connectivity index (χ4v) is 1.31. The lowest BCUT2D eigenvalue weighted by Crippen LogP contribution is -2.00. The first-order valence-corrected chi connectivity index (χ1v) is 5.20. The molecule has 2 aromatic carbocycles. The molecule has 0 fully saturated rings. The lowest BCUT2D eigenvalue weighted by molar-refractivity contribution is 0.476. The summed E-state index contributed by atoms with van der Waals surface area (Å²) in [5.41, 5.74) is 0.581. The van der Waals surface area contributed by atoms with Gasteiger partial charge in [0.15, 0.2) is 11.6 Å². The molecule has 3 rings (SSSR count). The van der Waals surface area contributed by atoms with Crippen molar-refractivity contribution in [3.05, 3.63) is 54.1 Å². The molecule has 0 unspecified atom stereocenters. The zero-order valence-corrected chi connectivity index (χ0v) is 9.53. The number of anilines is 1. The SMILES string of the molecule is CN(F)c1ccccc1.Fc1ccc2c(c1F)O2. The fourth-order valence-electron chi connectivity index (χ4n) is 1.31. The predicted octanol–water partition coefficient (Wildman–Crippen LogP) is 4.08. The van der Waals surface area contributed by atoms with Gasteiger partial charge in [0.05, 0.1) is 5.69 Å². The first-order valence-electron chi connectivity index (χ1n) is 5.20. The van der Waals surface area contributed by atoms with Crippen molar-refractivity contribution in [1.82, 2.24) is 0 Å². The molecule has 0 N–H and O–H groups in total. The van der Waals surface area contributed by atoms with Crippen molar-refractivity contribution in [2.24, 2.45) is 0 Å². The van der Waals surface area contributed by atoms with Crippen LogP contribution in [0.15, 0.2) is 42.5 Å². The average Bonchev–Trinajstić information content (AvgIpc) is 3.16. The van der Waals surface area contributed by atoms with Crippen LogP contribution in [0.3, 0.4) is 0 Å². The second kappa shape index (κ2) is 5.00. The summed E-state index contributed by atoms with van der Waals surface area (Å²) < 4.78 is 41.2. The van der Waals surface area contributed by atoms with E-state index in [-0.39, 0.29) is 5.75 Å². The van der Waals surface area contributed by atoms with E-state index in [1.807, 2.05) is 6.07 Å². The maximum absolute atomic E-state index is 12.3. The number of nitrogens with zero attached hydrogens (tertiary/aromatic N) is 1. The average molecular weight is 253 g/mol. The Labute approximate surface area is 102 Å². The van der Waals surface area contributed by atoms with Crippen LogP contribution in [0.4, 0.5) is 18.9 Å². The van der Waals surface area contributed by atoms with Crippen LogP contribution in [0.25, 0.3) is 0 Å². The number of hydrogen-bond donors (Lipinski definition) is 0. The van der Waals surface area contributed by atoms with Gasteiger partial charge in [-0.1, -0.05) is 18.2 Å². The van der Waals surface area contributed by atoms with Crippen molar-refractivity contribution in [2.75, 3.05) is 12.2 Å². The molecule has 0 bridgehead atoms. The molecule has 1 heterocycles. The lowest BCUT2D eigenvalue weighted by atomic mass is 10.3. The molecule has 18 heavy (non-hydrogen) atoms. The zero-order chi connectivity index (χ0) is 13.1. The van der Waals surface area contributed by atoms with E-state index in [4.69, 9.17) is 0 Å². The third kappa shape index (κ3) is 2.74. The summed E-state index contributed by atoms with van der Waals surface area (Å²) >= 11 is 0. The summed E-state index contributed by atoms with van der Waals surface area (Å²) in [7, 11) is 1.37. The monoisotopic (exact) mass is 253 g/mol. The Balaban J connectivity index is 0.000000134. The minimum Gasteiger partial charge on any atom is -0.446 e. The Morgan fingerprint density at radius 1 is 1.00 bits per heavy atom. The minimum absolute atomic E-state index is 0.0509. The molecule has 0 saturated heterocycles. The normalized spacial score (nSPS) is 10.7. The smallest absolute Gasteiger partial charge is 0.208 e. The molecule has 2 nitrogen and oxygen atoms in total. The van der Waals surface area contributed by atoms with Crippen LogP contribution in [0.5, 0.6) is 11.5 Å². The second-order valence-electron chi connectivity index (χ2n) is 3.60. The van der Waals surface area contributed by atoms with E-state index >= 15 is 0 Å². The van der Waals surface area contributed by atoms with Crippen LogP contribution in [-0.4, -0.2) is 7.05 Å². The van der Waals surface area contributed by atoms with Crippen molar-refractivity contribution in [1.29, 1.82) is 0 Å². The van der Waals surface area contributed by atoms with E-state index in [9.17, 15) is 13.3 Å². The largest absolute Gasteiger partial charge is 0.446 e. The number of halogens is 3. The standard InChI is InChI=1S/C7H8FN.C6H2F2O/c1-9(8)7-5-3-2-4-6-7;7-3-1-2-4-6(9-4)5(3)8/h2-6H,1H3;1-2H. The van der Waals surface area contributed by atoms with Crippen LogP contribution in [-0.2, 0) is 0 Å². The van der Waals surface area contributed by atoms with E-state index in [2.05, 4.69) is 4.74 Å². The van der Waals surface area contributed by atoms with Gasteiger partial charge in [0.2, 0.25) is 11.6 Å². The molecule has 0 saturated carbocycles. The summed E-state index contributed by atoms with van der Waals surface area (Å²) in [4.78, 5) is 0. The number of rotatable bonds is 1. The van der Waals surface area contributed by atoms with E-state index < -0.39 is 11.6 Å². The molecule has 0 aliphatic carbocycles. The fraction of sp³-hybridized carbons (Fsp3) is 0.0769. The maximum Gasteiger partial charge on any atom is 0.208 e. The highest BCUT2D eigenvalue weighted by atomic mass is 19.2. The quantitative estimate of drug-likeness (QED) is 0.479. The molecule has 0 spiro atoms. The Bertz CT molecular complexity index is 540. The van der Waals surface area contributed by atoms with Crippen LogP contribution < -0.4 is 9.86 Å². The number of benzene rings is 2. The van der Waals surface area contributed by atoms with Crippen molar-refractivity contribution in [2.45, 2.75) is 0 Å². The number of hydrogen-bond acceptors (Lipinski definition) is 2. The van der Waals surface area contributed by atoms with Gasteiger partial charge in [-0.05, 0) is 24.3 Å². The molecule has 5 heteroatoms. The summed E-state index contributed by atoms with van der Waals surface area (Å²) in [6.45, 7) is 0. The Hall–Kier alpha value is -2.17. The summed E-state index contributed by atoms with van der Waals surface area (Å²) in [5, 5.41) is 0.583. The molecule has 0 atom stereocenters. The van der Waals surface area contributed by atoms with Gasteiger partial charge in [-0.25, -0.2) is 9.51 Å². The van der Waals surface area contributed by atoms with Crippen LogP contribution in [0.1, 0.15) is 0 Å². The first-order chi connectivity index (χ1) is 8.59. The lowest BCUT2D eigenvalue weighted by Gasteiger charge is -2.04. The second-order valence-corrected chi connectivity index (χ2v) is 3.60. The number of ether oxygens (including phenoxy) is 1. The van der Waals surface area contributed by atoms with Gasteiger partial charge in [-0.3, -0.25) is 0 Å². The molecule has 1 aliphatic heterocycles. The number of fused-ring (bicyclic) bond motifs is 1. The molecule has 1 aliphatic rings. The maximum atomic E-state index is 12.3. The van der Waals surface area contributed by atoms with Crippen LogP contribution in [0, 0.1) is 11.6 Å². The predicted molar refractivity (Wildman–Crippen MR) is 62.4 cm³/mol. The zero-order valence-electron chi connectivity index (χ0n) is 9.53. The molecule has 0 radical (unpaired) electrons. The molecular formula is C13H10F3NO. The Morgan fingerprint density at radius 2 is 1.67 bits per heavy atom. The Morgan fingerprint density at radius 3 is 2.17 bits per heavy atom. The third-order valence-electron chi connectivity index (χ3n) is 2.30. The highest BCUT2D eigenvalue weighted by Gasteiger charge is 2.27. The van der Waals surface area contributed by atoms with Gasteiger partial charge in [0.25, 0.3) is 0 Å². The van der Waals surface area contributed by atoms with Gasteiger partial charge in [-0.15, -0.1) is 4.48 Å². The van der Waals surface area contributed by atoms with E-state index in [0.29, 0.717) is 16.6 Å². The van der Waals surface area contributed by atoms with Gasteiger partial charge in [0.1, 0.15) is 0 Å². The van der Waals surface area contributed by atoms with E-state index in [1.165, 1.54) is 13.1 Å². The van der Waals surface area contributed by atoms with Gasteiger partial charge >= 0.3 is 0 Å². The van der Waals surface area contributed by atoms with Gasteiger partial charge in [0, 0.05) is 7.05 Å². The number of para-hydroxylation sites is 1. The molecule has 0 amide bonds. The van der Waals surface area contributed by atoms with Crippen molar-refractivity contribution in [3.63, 3.8) is 0 Å². The summed E-state index contributed by atoms with van der Waals surface area (Å²) in [5.74, 6) is -1.25. The highest BCUT2D eigenvalue weighted by molar-refractivity contribution is 5.55. The van der Waals surface area contributed by atoms with Crippen molar-refractivity contribution < 1.29 is 18.0 Å². The first kappa shape index (κ1) is 12.3. The van der Waals surface area contributed by atoms with Gasteiger partial charge in [-0.2, -0.15) is 4.39 Å². The van der Waals surface area contributed by atoms with E-state index in [0.717, 1.165) is 6.07 Å². The van der Waals surface area contributed by atoms with E-state index in [1.54, 1.807) is 24.3 Å². The molecule has 0 aromatic heterocycles. The topological polar surface area (TPSA) is 15.8 Å². The minimum atomic E-state index is -0.882. The van der Waals surface area contributed by atoms with Crippen molar-refractivity contribution >= 4 is 5.69 Å². The Kier molecular flexibility index (Phi) is 3.41. The molecule has 94 valence electrons. The van der Waals surface area contributed by atoms with Crippen LogP contribution >= 0.6 is 0 Å².